The fourth-order valence-electron chi connectivity index (χ4n) is 0.926. The summed E-state index contributed by atoms with van der Waals surface area (Å²) >= 11 is 0. The maximum Gasteiger partial charge on any atom is 1.00 e. The summed E-state index contributed by atoms with van der Waals surface area (Å²) in [5.74, 6) is -3.03. The molecule has 0 spiro atoms. The van der Waals surface area contributed by atoms with E-state index in [1.165, 1.54) is 0 Å². The van der Waals surface area contributed by atoms with E-state index < -0.39 is 29.8 Å². The Labute approximate surface area is 125 Å². The largest absolute Gasteiger partial charge is 1.00 e. The summed E-state index contributed by atoms with van der Waals surface area (Å²) < 4.78 is 48.9. The molecule has 1 N–H and O–H groups in total. The van der Waals surface area contributed by atoms with Crippen molar-refractivity contribution < 1.29 is 78.6 Å². The summed E-state index contributed by atoms with van der Waals surface area (Å²) in [6.07, 6.45) is 0. The number of hydrogen-bond acceptors (Lipinski definition) is 1. The van der Waals surface area contributed by atoms with E-state index in [0.717, 1.165) is 6.07 Å². The number of hydrogen-bond donors (Lipinski definition) is 1. The third-order valence-electron chi connectivity index (χ3n) is 1.60. The molecule has 0 atom stereocenters. The first-order valence-electron chi connectivity index (χ1n) is 3.55. The maximum atomic E-state index is 12.7. The Morgan fingerprint density at radius 3 is 2.13 bits per heavy atom. The standard InChI is InChI=1S/C7H4BF4O2.K/c9-6-3-4(7(13)14)1-2-5(6)8(10,11)12;/h1-3H,(H,13,14);/q-1;+1. The van der Waals surface area contributed by atoms with Crippen molar-refractivity contribution in [3.8, 4) is 0 Å². The van der Waals surface area contributed by atoms with Gasteiger partial charge in [0.2, 0.25) is 0 Å². The molecule has 1 aromatic carbocycles. The van der Waals surface area contributed by atoms with Crippen LogP contribution in [0.25, 0.3) is 0 Å². The summed E-state index contributed by atoms with van der Waals surface area (Å²) in [6, 6.07) is 1.50. The third-order valence-corrected chi connectivity index (χ3v) is 1.60. The van der Waals surface area contributed by atoms with Crippen LogP contribution in [0, 0.1) is 5.82 Å². The molecule has 0 fully saturated rings. The van der Waals surface area contributed by atoms with E-state index in [4.69, 9.17) is 5.11 Å². The van der Waals surface area contributed by atoms with Crippen LogP contribution in [0.5, 0.6) is 0 Å². The first kappa shape index (κ1) is 15.1. The van der Waals surface area contributed by atoms with Crippen molar-refractivity contribution in [2.75, 3.05) is 0 Å². The van der Waals surface area contributed by atoms with Gasteiger partial charge < -0.3 is 18.1 Å². The minimum Gasteiger partial charge on any atom is -0.478 e. The molecule has 0 amide bonds. The Bertz CT molecular complexity index is 380. The monoisotopic (exact) mass is 246 g/mol. The molecule has 0 aliphatic carbocycles. The summed E-state index contributed by atoms with van der Waals surface area (Å²) in [4.78, 5) is 10.3. The van der Waals surface area contributed by atoms with Gasteiger partial charge in [-0.25, -0.2) is 9.18 Å². The second-order valence-electron chi connectivity index (χ2n) is 2.62. The quantitative estimate of drug-likeness (QED) is 0.513. The molecule has 0 saturated carbocycles. The van der Waals surface area contributed by atoms with Crippen molar-refractivity contribution in [2.24, 2.45) is 0 Å². The zero-order chi connectivity index (χ0) is 10.9. The predicted octanol–water partition coefficient (Wildman–Crippen LogP) is -1.42. The van der Waals surface area contributed by atoms with Gasteiger partial charge in [-0.1, -0.05) is 17.6 Å². The summed E-state index contributed by atoms with van der Waals surface area (Å²) in [5.41, 5.74) is -1.92. The van der Waals surface area contributed by atoms with Crippen LogP contribution >= 0.6 is 0 Å². The molecular formula is C7H4BF4KO2. The molecule has 0 saturated heterocycles. The number of halogens is 4. The molecule has 1 aromatic rings. The molecule has 2 nitrogen and oxygen atoms in total. The topological polar surface area (TPSA) is 37.3 Å². The van der Waals surface area contributed by atoms with E-state index in [-0.39, 0.29) is 51.4 Å². The van der Waals surface area contributed by atoms with E-state index in [0.29, 0.717) is 12.1 Å². The summed E-state index contributed by atoms with van der Waals surface area (Å²) in [7, 11) is 0. The predicted molar refractivity (Wildman–Crippen MR) is 42.1 cm³/mol. The van der Waals surface area contributed by atoms with Gasteiger partial charge in [-0.3, -0.25) is 0 Å². The van der Waals surface area contributed by atoms with E-state index in [2.05, 4.69) is 0 Å². The van der Waals surface area contributed by atoms with Crippen LogP contribution in [0.4, 0.5) is 17.3 Å². The molecule has 8 heteroatoms. The van der Waals surface area contributed by atoms with Crippen LogP contribution in [0.2, 0.25) is 0 Å². The van der Waals surface area contributed by atoms with Crippen LogP contribution in [0.15, 0.2) is 18.2 Å². The number of rotatable bonds is 2. The minimum atomic E-state index is -5.43. The van der Waals surface area contributed by atoms with Gasteiger partial charge >= 0.3 is 64.3 Å². The molecule has 76 valence electrons. The second-order valence-corrected chi connectivity index (χ2v) is 2.62. The molecule has 0 radical (unpaired) electrons. The van der Waals surface area contributed by atoms with Crippen LogP contribution < -0.4 is 56.8 Å². The van der Waals surface area contributed by atoms with Crippen LogP contribution in [0.1, 0.15) is 10.4 Å². The Morgan fingerprint density at radius 2 is 1.80 bits per heavy atom. The molecule has 0 heterocycles. The van der Waals surface area contributed by atoms with E-state index >= 15 is 0 Å². The molecule has 0 unspecified atom stereocenters. The zero-order valence-corrected chi connectivity index (χ0v) is 10.8. The SMILES string of the molecule is O=C(O)c1ccc([B-](F)(F)F)c(F)c1.[K+]. The summed E-state index contributed by atoms with van der Waals surface area (Å²) in [6.45, 7) is -5.43. The molecular weight excluding hydrogens is 242 g/mol. The van der Waals surface area contributed by atoms with Crippen molar-refractivity contribution >= 4 is 18.4 Å². The van der Waals surface area contributed by atoms with Gasteiger partial charge in [0.25, 0.3) is 0 Å². The average Bonchev–Trinajstić information content (AvgIpc) is 2.01. The van der Waals surface area contributed by atoms with Crippen molar-refractivity contribution in [1.82, 2.24) is 0 Å². The van der Waals surface area contributed by atoms with Crippen LogP contribution in [-0.4, -0.2) is 18.1 Å². The zero-order valence-electron chi connectivity index (χ0n) is 7.68. The van der Waals surface area contributed by atoms with Crippen molar-refractivity contribution in [3.63, 3.8) is 0 Å². The van der Waals surface area contributed by atoms with E-state index in [1.54, 1.807) is 0 Å². The van der Waals surface area contributed by atoms with Gasteiger partial charge in [-0.15, -0.1) is 0 Å². The Morgan fingerprint density at radius 1 is 1.27 bits per heavy atom. The Hall–Kier alpha value is 0.111. The number of carbonyl (C=O) groups is 1. The second kappa shape index (κ2) is 5.44. The van der Waals surface area contributed by atoms with Gasteiger partial charge in [0.05, 0.1) is 11.4 Å². The minimum absolute atomic E-state index is 0. The van der Waals surface area contributed by atoms with Gasteiger partial charge in [-0.05, 0) is 6.07 Å². The first-order valence-corrected chi connectivity index (χ1v) is 3.55. The fraction of sp³-hybridized carbons (Fsp3) is 0. The van der Waals surface area contributed by atoms with Gasteiger partial charge in [-0.2, -0.15) is 0 Å². The molecule has 1 rings (SSSR count). The van der Waals surface area contributed by atoms with Gasteiger partial charge in [0.1, 0.15) is 0 Å². The molecule has 15 heavy (non-hydrogen) atoms. The molecule has 0 aliphatic rings. The van der Waals surface area contributed by atoms with Gasteiger partial charge in [0, 0.05) is 0 Å². The first-order chi connectivity index (χ1) is 6.32. The Balaban J connectivity index is 0.00000196. The smallest absolute Gasteiger partial charge is 0.478 e. The number of carboxylic acids is 1. The molecule has 0 aliphatic heterocycles. The summed E-state index contributed by atoms with van der Waals surface area (Å²) in [5, 5.41) is 8.36. The van der Waals surface area contributed by atoms with Crippen molar-refractivity contribution in [2.45, 2.75) is 0 Å². The normalized spacial score (nSPS) is 10.7. The average molecular weight is 246 g/mol. The van der Waals surface area contributed by atoms with E-state index in [9.17, 15) is 22.1 Å². The number of aromatic carboxylic acids is 1. The maximum absolute atomic E-state index is 12.7. The van der Waals surface area contributed by atoms with Crippen molar-refractivity contribution in [3.05, 3.63) is 29.6 Å². The Kier molecular flexibility index (Phi) is 5.48. The number of benzene rings is 1. The molecule has 0 bridgehead atoms. The van der Waals surface area contributed by atoms with E-state index in [1.807, 2.05) is 0 Å². The van der Waals surface area contributed by atoms with Crippen molar-refractivity contribution in [1.29, 1.82) is 0 Å². The van der Waals surface area contributed by atoms with Crippen LogP contribution in [0.3, 0.4) is 0 Å². The van der Waals surface area contributed by atoms with Gasteiger partial charge in [0.15, 0.2) is 0 Å². The fourth-order valence-corrected chi connectivity index (χ4v) is 0.926. The van der Waals surface area contributed by atoms with Crippen LogP contribution in [-0.2, 0) is 0 Å². The number of carboxylic acid groups (broad SMARTS) is 1. The third kappa shape index (κ3) is 3.88. The molecule has 0 aromatic heterocycles.